The molecule has 38 heavy (non-hydrogen) atoms. The number of carbonyl (C=O) groups excluding carboxylic acids is 2. The van der Waals surface area contributed by atoms with Crippen molar-refractivity contribution in [1.29, 1.82) is 0 Å². The van der Waals surface area contributed by atoms with Gasteiger partial charge in [-0.3, -0.25) is 4.79 Å². The van der Waals surface area contributed by atoms with Crippen LogP contribution in [0.2, 0.25) is 0 Å². The summed E-state index contributed by atoms with van der Waals surface area (Å²) < 4.78 is 16.6. The molecule has 0 spiro atoms. The first-order valence-electron chi connectivity index (χ1n) is 15.1. The summed E-state index contributed by atoms with van der Waals surface area (Å²) in [6, 6.07) is 5.76. The highest BCUT2D eigenvalue weighted by molar-refractivity contribution is 5.86. The van der Waals surface area contributed by atoms with Crippen LogP contribution in [0, 0.1) is 23.7 Å². The third-order valence-electron chi connectivity index (χ3n) is 8.76. The van der Waals surface area contributed by atoms with Gasteiger partial charge in [0, 0.05) is 11.6 Å². The van der Waals surface area contributed by atoms with Gasteiger partial charge in [-0.05, 0) is 94.1 Å². The highest BCUT2D eigenvalue weighted by atomic mass is 16.5. The van der Waals surface area contributed by atoms with E-state index in [0.717, 1.165) is 74.0 Å². The first kappa shape index (κ1) is 30.2. The average Bonchev–Trinajstić information content (AvgIpc) is 2.93. The Kier molecular flexibility index (Phi) is 12.7. The molecule has 0 radical (unpaired) electrons. The zero-order valence-electron chi connectivity index (χ0n) is 24.1. The minimum atomic E-state index is -0.317. The normalized spacial score (nSPS) is 23.4. The molecule has 0 amide bonds. The van der Waals surface area contributed by atoms with E-state index in [1.807, 2.05) is 18.2 Å². The van der Waals surface area contributed by atoms with Crippen LogP contribution in [0.1, 0.15) is 109 Å². The zero-order chi connectivity index (χ0) is 27.3. The van der Waals surface area contributed by atoms with Crippen LogP contribution in [0.3, 0.4) is 0 Å². The summed E-state index contributed by atoms with van der Waals surface area (Å²) in [6.07, 6.45) is 17.4. The van der Waals surface area contributed by atoms with Crippen molar-refractivity contribution < 1.29 is 23.8 Å². The summed E-state index contributed by atoms with van der Waals surface area (Å²) in [5.74, 6) is 3.59. The Morgan fingerprint density at radius 2 is 1.58 bits per heavy atom. The maximum Gasteiger partial charge on any atom is 0.333 e. The lowest BCUT2D eigenvalue weighted by Crippen LogP contribution is -2.30. The van der Waals surface area contributed by atoms with Crippen LogP contribution in [-0.2, 0) is 20.7 Å². The lowest BCUT2D eigenvalue weighted by Gasteiger charge is -2.37. The van der Waals surface area contributed by atoms with E-state index in [4.69, 9.17) is 14.2 Å². The molecular weight excluding hydrogens is 476 g/mol. The second-order valence-electron chi connectivity index (χ2n) is 11.7. The minimum Gasteiger partial charge on any atom is -0.496 e. The van der Waals surface area contributed by atoms with E-state index in [0.29, 0.717) is 17.9 Å². The number of ether oxygens (including phenoxy) is 3. The van der Waals surface area contributed by atoms with Crippen LogP contribution < -0.4 is 9.47 Å². The lowest BCUT2D eigenvalue weighted by molar-refractivity contribution is -0.140. The molecule has 5 nitrogen and oxygen atoms in total. The van der Waals surface area contributed by atoms with Gasteiger partial charge in [0.2, 0.25) is 0 Å². The Bertz CT molecular complexity index is 891. The smallest absolute Gasteiger partial charge is 0.333 e. The average molecular weight is 527 g/mol. The molecule has 0 bridgehead atoms. The molecule has 3 rings (SSSR count). The lowest BCUT2D eigenvalue weighted by atomic mass is 9.69. The van der Waals surface area contributed by atoms with Gasteiger partial charge in [0.1, 0.15) is 11.5 Å². The van der Waals surface area contributed by atoms with Gasteiger partial charge < -0.3 is 14.2 Å². The summed E-state index contributed by atoms with van der Waals surface area (Å²) >= 11 is 0. The van der Waals surface area contributed by atoms with Gasteiger partial charge in [0.05, 0.1) is 19.6 Å². The van der Waals surface area contributed by atoms with Gasteiger partial charge in [0.25, 0.3) is 0 Å². The fourth-order valence-electron chi connectivity index (χ4n) is 6.44. The molecule has 0 heterocycles. The number of rotatable bonds is 14. The molecule has 212 valence electrons. The van der Waals surface area contributed by atoms with Gasteiger partial charge in [-0.25, -0.2) is 4.79 Å². The second kappa shape index (κ2) is 16.0. The zero-order valence-corrected chi connectivity index (χ0v) is 24.1. The van der Waals surface area contributed by atoms with Crippen molar-refractivity contribution in [3.63, 3.8) is 0 Å². The number of carbonyl (C=O) groups is 2. The summed E-state index contributed by atoms with van der Waals surface area (Å²) in [7, 11) is 1.66. The monoisotopic (exact) mass is 526 g/mol. The van der Waals surface area contributed by atoms with Crippen LogP contribution in [-0.4, -0.2) is 25.7 Å². The van der Waals surface area contributed by atoms with Gasteiger partial charge >= 0.3 is 11.9 Å². The molecule has 0 atom stereocenters. The number of aryl methyl sites for hydroxylation is 1. The number of unbranched alkanes of at least 4 members (excludes halogenated alkanes) is 3. The third-order valence-corrected chi connectivity index (χ3v) is 8.76. The maximum absolute atomic E-state index is 12.9. The predicted octanol–water partition coefficient (Wildman–Crippen LogP) is 8.24. The van der Waals surface area contributed by atoms with Crippen molar-refractivity contribution in [3.8, 4) is 11.5 Å². The quantitative estimate of drug-likeness (QED) is 0.106. The molecule has 0 unspecified atom stereocenters. The fraction of sp³-hybridized carbons (Fsp3) is 0.697. The van der Waals surface area contributed by atoms with Crippen LogP contribution in [0.5, 0.6) is 11.5 Å². The van der Waals surface area contributed by atoms with Crippen LogP contribution in [0.15, 0.2) is 30.4 Å². The minimum absolute atomic E-state index is 0.0167. The number of methoxy groups -OCH3 is 1. The van der Waals surface area contributed by atoms with Crippen LogP contribution >= 0.6 is 0 Å². The summed E-state index contributed by atoms with van der Waals surface area (Å²) in [5, 5.41) is 0. The molecular formula is C33H50O5. The first-order chi connectivity index (χ1) is 18.4. The van der Waals surface area contributed by atoms with Gasteiger partial charge in [0.15, 0.2) is 0 Å². The van der Waals surface area contributed by atoms with Crippen molar-refractivity contribution in [3.05, 3.63) is 35.9 Å². The van der Waals surface area contributed by atoms with Crippen LogP contribution in [0.4, 0.5) is 0 Å². The van der Waals surface area contributed by atoms with Crippen molar-refractivity contribution >= 4 is 11.9 Å². The highest BCUT2D eigenvalue weighted by Gasteiger charge is 2.33. The van der Waals surface area contributed by atoms with E-state index < -0.39 is 0 Å². The topological polar surface area (TPSA) is 61.8 Å². The molecule has 2 aliphatic rings. The summed E-state index contributed by atoms with van der Waals surface area (Å²) in [4.78, 5) is 24.3. The molecule has 2 saturated carbocycles. The van der Waals surface area contributed by atoms with E-state index in [-0.39, 0.29) is 17.9 Å². The Hall–Kier alpha value is -2.30. The SMILES string of the molecule is C=C(C)C(=O)OCCCCCCc1ccc(OC(=O)C2CCC(C3CCC(CCC)CC3)CC2)cc1OC. The molecule has 5 heteroatoms. The van der Waals surface area contributed by atoms with E-state index in [1.165, 1.54) is 51.4 Å². The van der Waals surface area contributed by atoms with E-state index in [1.54, 1.807) is 14.0 Å². The van der Waals surface area contributed by atoms with E-state index in [9.17, 15) is 9.59 Å². The van der Waals surface area contributed by atoms with Gasteiger partial charge in [-0.15, -0.1) is 0 Å². The molecule has 0 saturated heterocycles. The van der Waals surface area contributed by atoms with E-state index in [2.05, 4.69) is 13.5 Å². The first-order valence-corrected chi connectivity index (χ1v) is 15.1. The van der Waals surface area contributed by atoms with Crippen LogP contribution in [0.25, 0.3) is 0 Å². The third kappa shape index (κ3) is 9.47. The van der Waals surface area contributed by atoms with Gasteiger partial charge in [-0.1, -0.05) is 58.1 Å². The number of hydrogen-bond donors (Lipinski definition) is 0. The fourth-order valence-corrected chi connectivity index (χ4v) is 6.44. The Morgan fingerprint density at radius 1 is 0.921 bits per heavy atom. The maximum atomic E-state index is 12.9. The summed E-state index contributed by atoms with van der Waals surface area (Å²) in [5.41, 5.74) is 1.56. The molecule has 2 aliphatic carbocycles. The Balaban J connectivity index is 1.36. The predicted molar refractivity (Wildman–Crippen MR) is 152 cm³/mol. The molecule has 1 aromatic rings. The van der Waals surface area contributed by atoms with Crippen molar-refractivity contribution in [2.24, 2.45) is 23.7 Å². The highest BCUT2D eigenvalue weighted by Crippen LogP contribution is 2.42. The molecule has 0 aromatic heterocycles. The summed E-state index contributed by atoms with van der Waals surface area (Å²) in [6.45, 7) is 7.99. The molecule has 2 fully saturated rings. The largest absolute Gasteiger partial charge is 0.496 e. The second-order valence-corrected chi connectivity index (χ2v) is 11.7. The number of esters is 2. The van der Waals surface area contributed by atoms with Crippen molar-refractivity contribution in [1.82, 2.24) is 0 Å². The molecule has 0 aliphatic heterocycles. The molecule has 1 aromatic carbocycles. The standard InChI is InChI=1S/C33H50O5/c1-5-10-25-12-14-26(15-13-25)27-16-18-29(19-17-27)33(35)38-30-21-20-28(31(23-30)36-4)11-8-6-7-9-22-37-32(34)24(2)3/h20-21,23,25-27,29H,2,5-19,22H2,1,3-4H3. The van der Waals surface area contributed by atoms with E-state index >= 15 is 0 Å². The number of hydrogen-bond acceptors (Lipinski definition) is 5. The van der Waals surface area contributed by atoms with Crippen molar-refractivity contribution in [2.75, 3.05) is 13.7 Å². The molecule has 0 N–H and O–H groups in total. The van der Waals surface area contributed by atoms with Gasteiger partial charge in [-0.2, -0.15) is 0 Å². The number of benzene rings is 1. The Labute approximate surface area is 230 Å². The van der Waals surface area contributed by atoms with Crippen molar-refractivity contribution in [2.45, 2.75) is 110 Å². The Morgan fingerprint density at radius 3 is 2.21 bits per heavy atom.